The fourth-order valence-corrected chi connectivity index (χ4v) is 1.05. The number of allylic oxidation sites excluding steroid dienone is 1. The monoisotopic (exact) mass is 225 g/mol. The van der Waals surface area contributed by atoms with Crippen LogP contribution in [0.15, 0.2) is 11.8 Å². The summed E-state index contributed by atoms with van der Waals surface area (Å²) in [5.41, 5.74) is -1.16. The fourth-order valence-electron chi connectivity index (χ4n) is 1.05. The number of esters is 1. The van der Waals surface area contributed by atoms with Crippen LogP contribution in [0.5, 0.6) is 0 Å². The quantitative estimate of drug-likeness (QED) is 0.442. The molecule has 0 atom stereocenters. The Morgan fingerprint density at radius 3 is 2.33 bits per heavy atom. The summed E-state index contributed by atoms with van der Waals surface area (Å²) in [6.45, 7) is 0. The van der Waals surface area contributed by atoms with Gasteiger partial charge in [0.2, 0.25) is 0 Å². The lowest BCUT2D eigenvalue weighted by Crippen LogP contribution is -2.68. The highest BCUT2D eigenvalue weighted by atomic mass is 19.4. The second-order valence-corrected chi connectivity index (χ2v) is 2.78. The van der Waals surface area contributed by atoms with Gasteiger partial charge in [0.15, 0.2) is 0 Å². The molecule has 1 aliphatic rings. The van der Waals surface area contributed by atoms with Gasteiger partial charge in [0.1, 0.15) is 5.70 Å². The zero-order valence-corrected chi connectivity index (χ0v) is 8.03. The Morgan fingerprint density at radius 2 is 1.93 bits per heavy atom. The van der Waals surface area contributed by atoms with Crippen LogP contribution in [0, 0.1) is 0 Å². The van der Waals surface area contributed by atoms with Crippen molar-refractivity contribution in [2.45, 2.75) is 12.1 Å². The Kier molecular flexibility index (Phi) is 2.91. The number of hydrogen-bond donors (Lipinski definition) is 3. The maximum atomic E-state index is 12.3. The van der Waals surface area contributed by atoms with Gasteiger partial charge in [0.05, 0.1) is 6.08 Å². The minimum absolute atomic E-state index is 0.354. The number of carbonyl (C=O) groups is 1. The molecule has 0 aliphatic carbocycles. The Hall–Kier alpha value is -1.28. The van der Waals surface area contributed by atoms with E-state index in [2.05, 4.69) is 15.4 Å². The molecule has 3 N–H and O–H groups in total. The molecule has 15 heavy (non-hydrogen) atoms. The molecule has 0 saturated carbocycles. The third kappa shape index (κ3) is 2.39. The molecule has 0 spiro atoms. The molecule has 86 valence electrons. The van der Waals surface area contributed by atoms with E-state index in [0.717, 1.165) is 0 Å². The molecule has 0 bridgehead atoms. The summed E-state index contributed by atoms with van der Waals surface area (Å²) in [4.78, 5) is 10.9. The van der Waals surface area contributed by atoms with Gasteiger partial charge in [-0.15, -0.1) is 0 Å². The number of carbonyl (C=O) groups excluding carboxylic acids is 1. The van der Waals surface area contributed by atoms with Gasteiger partial charge in [-0.3, -0.25) is 10.6 Å². The van der Waals surface area contributed by atoms with Crippen molar-refractivity contribution in [1.29, 1.82) is 0 Å². The molecule has 1 heterocycles. The first-order valence-electron chi connectivity index (χ1n) is 4.01. The first kappa shape index (κ1) is 11.8. The van der Waals surface area contributed by atoms with Crippen LogP contribution in [0.4, 0.5) is 13.2 Å². The van der Waals surface area contributed by atoms with E-state index in [0.29, 0.717) is 6.08 Å². The predicted octanol–water partition coefficient (Wildman–Crippen LogP) is -0.371. The first-order chi connectivity index (χ1) is 6.83. The van der Waals surface area contributed by atoms with E-state index < -0.39 is 23.8 Å². The second-order valence-electron chi connectivity index (χ2n) is 2.78. The first-order valence-corrected chi connectivity index (χ1v) is 4.01. The van der Waals surface area contributed by atoms with Crippen molar-refractivity contribution in [2.24, 2.45) is 0 Å². The summed E-state index contributed by atoms with van der Waals surface area (Å²) >= 11 is 0. The van der Waals surface area contributed by atoms with Gasteiger partial charge >= 0.3 is 18.1 Å². The lowest BCUT2D eigenvalue weighted by molar-refractivity contribution is -0.177. The molecule has 0 amide bonds. The normalized spacial score (nSPS) is 20.3. The van der Waals surface area contributed by atoms with Gasteiger partial charge < -0.3 is 10.1 Å². The average molecular weight is 225 g/mol. The van der Waals surface area contributed by atoms with Crippen molar-refractivity contribution < 1.29 is 22.7 Å². The van der Waals surface area contributed by atoms with Crippen molar-refractivity contribution in [3.05, 3.63) is 11.8 Å². The smallest absolute Gasteiger partial charge is 0.408 e. The molecule has 5 nitrogen and oxygen atoms in total. The van der Waals surface area contributed by atoms with Crippen molar-refractivity contribution in [2.75, 3.05) is 14.1 Å². The number of nitrogens with one attached hydrogen (secondary N) is 3. The van der Waals surface area contributed by atoms with Crippen molar-refractivity contribution in [3.63, 3.8) is 0 Å². The standard InChI is InChI=1S/C7H10F3N3O2/c1-11-7(12-2)13-4(6(8,9)10)3-5(14)15-7/h3,11-13H,1-2H3. The summed E-state index contributed by atoms with van der Waals surface area (Å²) in [6.07, 6.45) is -4.27. The van der Waals surface area contributed by atoms with Crippen molar-refractivity contribution in [3.8, 4) is 0 Å². The third-order valence-electron chi connectivity index (χ3n) is 1.84. The SMILES string of the molecule is CNC1(NC)NC(C(F)(F)F)=CC(=O)O1. The summed E-state index contributed by atoms with van der Waals surface area (Å²) in [6, 6.07) is 0. The molecule has 0 unspecified atom stereocenters. The summed E-state index contributed by atoms with van der Waals surface area (Å²) < 4.78 is 41.7. The molecular weight excluding hydrogens is 215 g/mol. The van der Waals surface area contributed by atoms with Gasteiger partial charge in [-0.05, 0) is 14.1 Å². The van der Waals surface area contributed by atoms with Gasteiger partial charge in [-0.1, -0.05) is 0 Å². The number of halogens is 3. The summed E-state index contributed by atoms with van der Waals surface area (Å²) in [7, 11) is 2.69. The van der Waals surface area contributed by atoms with E-state index in [4.69, 9.17) is 0 Å². The van der Waals surface area contributed by atoms with E-state index in [9.17, 15) is 18.0 Å². The average Bonchev–Trinajstić information content (AvgIpc) is 2.15. The van der Waals surface area contributed by atoms with Crippen molar-refractivity contribution >= 4 is 5.97 Å². The molecule has 0 saturated heterocycles. The molecule has 0 aromatic rings. The summed E-state index contributed by atoms with van der Waals surface area (Å²) in [5.74, 6) is -2.80. The van der Waals surface area contributed by atoms with Crippen LogP contribution in [0.3, 0.4) is 0 Å². The van der Waals surface area contributed by atoms with Crippen LogP contribution >= 0.6 is 0 Å². The molecule has 1 rings (SSSR count). The van der Waals surface area contributed by atoms with Crippen LogP contribution in [0.25, 0.3) is 0 Å². The van der Waals surface area contributed by atoms with Gasteiger partial charge in [0, 0.05) is 0 Å². The largest absolute Gasteiger partial charge is 0.431 e. The topological polar surface area (TPSA) is 62.4 Å². The molecular formula is C7H10F3N3O2. The Labute approximate surface area is 83.7 Å². The van der Waals surface area contributed by atoms with Crippen LogP contribution < -0.4 is 16.0 Å². The van der Waals surface area contributed by atoms with E-state index in [1.807, 2.05) is 5.32 Å². The van der Waals surface area contributed by atoms with Gasteiger partial charge in [0.25, 0.3) is 0 Å². The lowest BCUT2D eigenvalue weighted by Gasteiger charge is -2.37. The highest BCUT2D eigenvalue weighted by molar-refractivity contribution is 5.84. The predicted molar refractivity (Wildman–Crippen MR) is 44.2 cm³/mol. The highest BCUT2D eigenvalue weighted by Crippen LogP contribution is 2.27. The minimum Gasteiger partial charge on any atom is -0.408 e. The van der Waals surface area contributed by atoms with Gasteiger partial charge in [-0.25, -0.2) is 4.79 Å². The number of cyclic esters (lactones) is 1. The van der Waals surface area contributed by atoms with Crippen LogP contribution in [-0.2, 0) is 9.53 Å². The molecule has 8 heteroatoms. The molecule has 1 aliphatic heterocycles. The van der Waals surface area contributed by atoms with Crippen LogP contribution in [0.1, 0.15) is 0 Å². The summed E-state index contributed by atoms with van der Waals surface area (Å²) in [5, 5.41) is 6.79. The maximum absolute atomic E-state index is 12.3. The highest BCUT2D eigenvalue weighted by Gasteiger charge is 2.44. The van der Waals surface area contributed by atoms with E-state index in [1.54, 1.807) is 0 Å². The van der Waals surface area contributed by atoms with E-state index in [-0.39, 0.29) is 0 Å². The Balaban J connectivity index is 2.99. The maximum Gasteiger partial charge on any atom is 0.431 e. The molecule has 0 fully saturated rings. The number of hydrogen-bond acceptors (Lipinski definition) is 5. The fraction of sp³-hybridized carbons (Fsp3) is 0.571. The van der Waals surface area contributed by atoms with Crippen LogP contribution in [0.2, 0.25) is 0 Å². The third-order valence-corrected chi connectivity index (χ3v) is 1.84. The van der Waals surface area contributed by atoms with Crippen LogP contribution in [-0.4, -0.2) is 32.2 Å². The zero-order chi connectivity index (χ0) is 11.7. The molecule has 0 radical (unpaired) electrons. The Morgan fingerprint density at radius 1 is 1.40 bits per heavy atom. The molecule has 0 aromatic carbocycles. The Bertz CT molecular complexity index is 296. The molecule has 0 aromatic heterocycles. The van der Waals surface area contributed by atoms with Gasteiger partial charge in [-0.2, -0.15) is 13.2 Å². The van der Waals surface area contributed by atoms with E-state index in [1.165, 1.54) is 14.1 Å². The number of rotatable bonds is 2. The van der Waals surface area contributed by atoms with E-state index >= 15 is 0 Å². The van der Waals surface area contributed by atoms with Crippen molar-refractivity contribution in [1.82, 2.24) is 16.0 Å². The second kappa shape index (κ2) is 3.70. The number of ether oxygens (including phenoxy) is 1. The number of alkyl halides is 3. The minimum atomic E-state index is -4.63. The lowest BCUT2D eigenvalue weighted by atomic mass is 10.3. The zero-order valence-electron chi connectivity index (χ0n) is 8.03.